The molecular weight excluding hydrogens is 685 g/mol. The lowest BCUT2D eigenvalue weighted by molar-refractivity contribution is -0.385. The minimum Gasteiger partial charge on any atom is -0.508 e. The summed E-state index contributed by atoms with van der Waals surface area (Å²) in [7, 11) is 3.86. The van der Waals surface area contributed by atoms with Crippen LogP contribution in [0.25, 0.3) is 22.3 Å². The third kappa shape index (κ3) is 5.28. The van der Waals surface area contributed by atoms with Gasteiger partial charge in [0.15, 0.2) is 5.60 Å². The Hall–Kier alpha value is -4.41. The molecule has 4 aromatic rings. The number of aromatic hydroxyl groups is 1. The van der Waals surface area contributed by atoms with Crippen molar-refractivity contribution in [2.45, 2.75) is 38.6 Å². The number of amides is 1. The number of primary amides is 1. The quantitative estimate of drug-likeness (QED) is 0.106. The van der Waals surface area contributed by atoms with Crippen LogP contribution in [-0.2, 0) is 34.8 Å². The van der Waals surface area contributed by atoms with Crippen molar-refractivity contribution in [3.8, 4) is 17.1 Å². The average Bonchev–Trinajstić information content (AvgIpc) is 3.34. The van der Waals surface area contributed by atoms with Gasteiger partial charge >= 0.3 is 5.97 Å². The van der Waals surface area contributed by atoms with Gasteiger partial charge in [-0.1, -0.05) is 6.92 Å². The highest BCUT2D eigenvalue weighted by molar-refractivity contribution is 14.1. The number of hydrogen-bond donors (Lipinski definition) is 3. The fourth-order valence-corrected chi connectivity index (χ4v) is 5.92. The van der Waals surface area contributed by atoms with E-state index in [1.165, 1.54) is 18.2 Å². The van der Waals surface area contributed by atoms with Gasteiger partial charge in [-0.2, -0.15) is 0 Å². The molecule has 0 spiro atoms. The normalized spacial score (nSPS) is 16.5. The molecule has 1 atom stereocenters. The Morgan fingerprint density at radius 3 is 2.59 bits per heavy atom. The molecule has 4 N–H and O–H groups in total. The molecule has 2 aromatic carbocycles. The average molecular weight is 713 g/mol. The van der Waals surface area contributed by atoms with Crippen molar-refractivity contribution >= 4 is 51.1 Å². The number of benzene rings is 2. The van der Waals surface area contributed by atoms with E-state index in [2.05, 4.69) is 0 Å². The number of nitrogens with two attached hydrogens (primary N) is 1. The summed E-state index contributed by atoms with van der Waals surface area (Å²) in [6.45, 7) is 2.41. The van der Waals surface area contributed by atoms with E-state index in [4.69, 9.17) is 15.5 Å². The molecule has 0 radical (unpaired) electrons. The monoisotopic (exact) mass is 713 g/mol. The van der Waals surface area contributed by atoms with Gasteiger partial charge in [0.1, 0.15) is 12.4 Å². The van der Waals surface area contributed by atoms with Crippen LogP contribution in [0.3, 0.4) is 0 Å². The number of nitro benzene ring substituents is 1. The van der Waals surface area contributed by atoms with Crippen LogP contribution in [0.5, 0.6) is 5.75 Å². The van der Waals surface area contributed by atoms with Crippen molar-refractivity contribution in [1.29, 1.82) is 0 Å². The summed E-state index contributed by atoms with van der Waals surface area (Å²) in [4.78, 5) is 52.9. The van der Waals surface area contributed by atoms with Gasteiger partial charge in [-0.05, 0) is 79.5 Å². The lowest BCUT2D eigenvalue weighted by Crippen LogP contribution is -2.44. The highest BCUT2D eigenvalue weighted by Gasteiger charge is 2.45. The number of esters is 1. The second-order valence-electron chi connectivity index (χ2n) is 10.8. The third-order valence-electron chi connectivity index (χ3n) is 7.68. The number of hydrogen-bond acceptors (Lipinski definition) is 10. The maximum Gasteiger partial charge on any atom is 0.343 e. The van der Waals surface area contributed by atoms with Crippen molar-refractivity contribution < 1.29 is 29.5 Å². The number of phenolic OH excluding ortho intramolecular Hbond substituents is 1. The van der Waals surface area contributed by atoms with Crippen LogP contribution in [0.15, 0.2) is 47.3 Å². The topological polar surface area (TPSA) is 191 Å². The molecule has 0 aliphatic carbocycles. The Labute approximate surface area is 264 Å². The van der Waals surface area contributed by atoms with Crippen molar-refractivity contribution in [3.63, 3.8) is 0 Å². The number of pyridine rings is 2. The van der Waals surface area contributed by atoms with E-state index in [9.17, 15) is 34.7 Å². The van der Waals surface area contributed by atoms with E-state index in [1.807, 2.05) is 47.7 Å². The van der Waals surface area contributed by atoms with Crippen LogP contribution < -0.4 is 11.3 Å². The molecule has 0 saturated carbocycles. The van der Waals surface area contributed by atoms with Crippen LogP contribution in [0.4, 0.5) is 5.69 Å². The van der Waals surface area contributed by atoms with Crippen LogP contribution in [0.1, 0.15) is 46.0 Å². The Morgan fingerprint density at radius 2 is 1.95 bits per heavy atom. The van der Waals surface area contributed by atoms with E-state index in [1.54, 1.807) is 29.7 Å². The number of nitrogens with zero attached hydrogens (tertiary/aromatic N) is 4. The van der Waals surface area contributed by atoms with Gasteiger partial charge in [-0.25, -0.2) is 9.78 Å². The van der Waals surface area contributed by atoms with Gasteiger partial charge < -0.3 is 30.2 Å². The Balaban J connectivity index is 0.000000249. The summed E-state index contributed by atoms with van der Waals surface area (Å²) in [6, 6.07) is 11.2. The number of ether oxygens (including phenoxy) is 1. The number of halogens is 1. The van der Waals surface area contributed by atoms with Gasteiger partial charge in [0, 0.05) is 40.3 Å². The van der Waals surface area contributed by atoms with Crippen LogP contribution in [0, 0.1) is 13.7 Å². The first-order chi connectivity index (χ1) is 20.8. The molecule has 4 heterocycles. The fourth-order valence-electron chi connectivity index (χ4n) is 5.39. The summed E-state index contributed by atoms with van der Waals surface area (Å²) in [5.74, 6) is -1.20. The van der Waals surface area contributed by atoms with Crippen molar-refractivity contribution in [1.82, 2.24) is 14.5 Å². The second-order valence-corrected chi connectivity index (χ2v) is 11.9. The SMILES string of the molecule is CC[C@@]1(O)C(=O)OCc2c1cc1n(c2=O)Cc2cc3c(CN(C)C)c(O)ccc3nc2-1.NC(=O)c1ccc(I)c([N+](=O)[O-])c1. The van der Waals surface area contributed by atoms with Gasteiger partial charge in [-0.15, -0.1) is 0 Å². The highest BCUT2D eigenvalue weighted by Crippen LogP contribution is 2.39. The molecule has 0 fully saturated rings. The number of nitro groups is 1. The summed E-state index contributed by atoms with van der Waals surface area (Å²) in [5.41, 5.74) is 7.04. The summed E-state index contributed by atoms with van der Waals surface area (Å²) < 4.78 is 7.19. The smallest absolute Gasteiger partial charge is 0.343 e. The van der Waals surface area contributed by atoms with Crippen LogP contribution in [-0.4, -0.2) is 55.6 Å². The van der Waals surface area contributed by atoms with Crippen LogP contribution >= 0.6 is 22.6 Å². The first-order valence-corrected chi connectivity index (χ1v) is 14.5. The minimum atomic E-state index is -1.84. The fraction of sp³-hybridized carbons (Fsp3) is 0.267. The van der Waals surface area contributed by atoms with E-state index in [0.29, 0.717) is 44.7 Å². The number of aromatic nitrogens is 2. The number of carbonyl (C=O) groups excluding carboxylic acids is 2. The van der Waals surface area contributed by atoms with E-state index in [0.717, 1.165) is 16.5 Å². The summed E-state index contributed by atoms with van der Waals surface area (Å²) in [6.07, 6.45) is 0.104. The van der Waals surface area contributed by atoms with Crippen molar-refractivity contribution in [2.24, 2.45) is 5.73 Å². The van der Waals surface area contributed by atoms with Crippen molar-refractivity contribution in [3.05, 3.63) is 94.3 Å². The van der Waals surface area contributed by atoms with Crippen molar-refractivity contribution in [2.75, 3.05) is 14.1 Å². The molecule has 0 saturated heterocycles. The summed E-state index contributed by atoms with van der Waals surface area (Å²) in [5, 5.41) is 32.6. The number of cyclic esters (lactones) is 1. The maximum atomic E-state index is 13.2. The minimum absolute atomic E-state index is 0.100. The Kier molecular flexibility index (Phi) is 8.17. The largest absolute Gasteiger partial charge is 0.508 e. The zero-order valence-electron chi connectivity index (χ0n) is 24.0. The lowest BCUT2D eigenvalue weighted by Gasteiger charge is -2.31. The predicted octanol–water partition coefficient (Wildman–Crippen LogP) is 3.15. The molecule has 44 heavy (non-hydrogen) atoms. The molecule has 0 unspecified atom stereocenters. The van der Waals surface area contributed by atoms with Gasteiger partial charge in [0.25, 0.3) is 11.2 Å². The Morgan fingerprint density at radius 1 is 1.23 bits per heavy atom. The molecule has 228 valence electrons. The predicted molar refractivity (Wildman–Crippen MR) is 168 cm³/mol. The molecule has 13 nitrogen and oxygen atoms in total. The zero-order chi connectivity index (χ0) is 32.1. The Bertz CT molecular complexity index is 1940. The van der Waals surface area contributed by atoms with E-state index < -0.39 is 22.4 Å². The first kappa shape index (κ1) is 31.0. The molecule has 2 aliphatic rings. The van der Waals surface area contributed by atoms with E-state index in [-0.39, 0.29) is 35.6 Å². The van der Waals surface area contributed by atoms with Crippen LogP contribution in [0.2, 0.25) is 0 Å². The molecular formula is C30H28IN5O8. The molecule has 2 aliphatic heterocycles. The number of phenols is 1. The molecule has 2 aromatic heterocycles. The molecule has 14 heteroatoms. The first-order valence-electron chi connectivity index (χ1n) is 13.5. The van der Waals surface area contributed by atoms with Gasteiger partial charge in [0.05, 0.1) is 37.5 Å². The standard InChI is InChI=1S/C23H23N3O5.C7H5IN2O3/c1-4-23(30)16-8-18-20-12(9-26(18)21(28)15(16)11-31-22(23)29)7-13-14(10-25(2)3)19(27)6-5-17(13)24-20;8-5-2-1-4(7(9)11)3-6(5)10(12)13/h5-8,27,30H,4,9-11H2,1-3H3;1-3H,(H2,9,11)/t23-;/m0./s1. The molecule has 0 bridgehead atoms. The van der Waals surface area contributed by atoms with Gasteiger partial charge in [0.2, 0.25) is 5.91 Å². The highest BCUT2D eigenvalue weighted by atomic mass is 127. The zero-order valence-corrected chi connectivity index (χ0v) is 26.1. The second kappa shape index (κ2) is 11.6. The van der Waals surface area contributed by atoms with Gasteiger partial charge in [-0.3, -0.25) is 19.7 Å². The molecule has 6 rings (SSSR count). The lowest BCUT2D eigenvalue weighted by atomic mass is 9.86. The summed E-state index contributed by atoms with van der Waals surface area (Å²) >= 11 is 1.82. The number of rotatable bonds is 5. The molecule has 1 amide bonds. The number of carbonyl (C=O) groups is 2. The number of aliphatic hydroxyl groups is 1. The number of fused-ring (bicyclic) bond motifs is 5. The van der Waals surface area contributed by atoms with E-state index >= 15 is 0 Å². The third-order valence-corrected chi connectivity index (χ3v) is 8.59. The maximum absolute atomic E-state index is 13.2.